The molecule has 1 aliphatic rings. The monoisotopic (exact) mass is 642 g/mol. The van der Waals surface area contributed by atoms with Crippen LogP contribution >= 0.6 is 0 Å². The van der Waals surface area contributed by atoms with Gasteiger partial charge in [-0.2, -0.15) is 0 Å². The van der Waals surface area contributed by atoms with Crippen molar-refractivity contribution in [3.63, 3.8) is 0 Å². The molecule has 46 heavy (non-hydrogen) atoms. The van der Waals surface area contributed by atoms with Crippen LogP contribution in [0.2, 0.25) is 0 Å². The Morgan fingerprint density at radius 2 is 1.35 bits per heavy atom. The summed E-state index contributed by atoms with van der Waals surface area (Å²) in [7, 11) is 4.19. The SMILES string of the molecule is COc1ccc(-c2cc(=O)c3c(OC)c([C@@H]4O[C@H](COC(C)=O)[C@@H](OC(C)=O)[C@H](OC(C)=O)[C@H]4OC(C)=O)c(OC)cc3o2)cc1. The summed E-state index contributed by atoms with van der Waals surface area (Å²) in [5.74, 6) is -2.13. The quantitative estimate of drug-likeness (QED) is 0.233. The average Bonchev–Trinajstić information content (AvgIpc) is 3.00. The van der Waals surface area contributed by atoms with Gasteiger partial charge in [0, 0.05) is 45.4 Å². The van der Waals surface area contributed by atoms with Gasteiger partial charge in [-0.25, -0.2) is 0 Å². The van der Waals surface area contributed by atoms with E-state index in [2.05, 4.69) is 0 Å². The van der Waals surface area contributed by atoms with E-state index >= 15 is 0 Å². The third-order valence-corrected chi connectivity index (χ3v) is 7.05. The number of hydrogen-bond donors (Lipinski definition) is 0. The van der Waals surface area contributed by atoms with Crippen molar-refractivity contribution in [3.05, 3.63) is 52.2 Å². The van der Waals surface area contributed by atoms with Gasteiger partial charge in [0.2, 0.25) is 0 Å². The maximum atomic E-state index is 13.7. The molecular weight excluding hydrogens is 608 g/mol. The Balaban J connectivity index is 1.96. The third-order valence-electron chi connectivity index (χ3n) is 7.05. The Hall–Kier alpha value is -5.11. The molecule has 1 fully saturated rings. The molecule has 246 valence electrons. The van der Waals surface area contributed by atoms with Gasteiger partial charge in [-0.3, -0.25) is 24.0 Å². The highest BCUT2D eigenvalue weighted by molar-refractivity contribution is 5.89. The number of benzene rings is 2. The maximum absolute atomic E-state index is 13.7. The number of ether oxygens (including phenoxy) is 8. The fourth-order valence-corrected chi connectivity index (χ4v) is 5.29. The van der Waals surface area contributed by atoms with E-state index in [1.165, 1.54) is 40.4 Å². The summed E-state index contributed by atoms with van der Waals surface area (Å²) >= 11 is 0. The lowest BCUT2D eigenvalue weighted by Gasteiger charge is -2.45. The van der Waals surface area contributed by atoms with Crippen LogP contribution in [-0.2, 0) is 42.9 Å². The lowest BCUT2D eigenvalue weighted by atomic mass is 9.88. The molecule has 5 atom stereocenters. The lowest BCUT2D eigenvalue weighted by Crippen LogP contribution is -2.59. The van der Waals surface area contributed by atoms with Crippen LogP contribution in [0.5, 0.6) is 17.2 Å². The van der Waals surface area contributed by atoms with Crippen molar-refractivity contribution >= 4 is 34.8 Å². The minimum Gasteiger partial charge on any atom is -0.497 e. The molecule has 0 unspecified atom stereocenters. The average molecular weight is 643 g/mol. The van der Waals surface area contributed by atoms with E-state index in [0.717, 1.165) is 20.8 Å². The minimum absolute atomic E-state index is 0.00317. The normalized spacial score (nSPS) is 20.7. The summed E-state index contributed by atoms with van der Waals surface area (Å²) in [6, 6.07) is 9.61. The number of esters is 4. The predicted molar refractivity (Wildman–Crippen MR) is 158 cm³/mol. The van der Waals surface area contributed by atoms with Crippen molar-refractivity contribution in [2.75, 3.05) is 27.9 Å². The summed E-state index contributed by atoms with van der Waals surface area (Å²) in [4.78, 5) is 62.3. The van der Waals surface area contributed by atoms with Crippen molar-refractivity contribution in [2.24, 2.45) is 0 Å². The molecule has 0 amide bonds. The molecule has 0 aliphatic carbocycles. The van der Waals surface area contributed by atoms with E-state index in [-0.39, 0.29) is 33.8 Å². The predicted octanol–water partition coefficient (Wildman–Crippen LogP) is 3.28. The van der Waals surface area contributed by atoms with Crippen LogP contribution < -0.4 is 19.6 Å². The van der Waals surface area contributed by atoms with Crippen LogP contribution in [0.3, 0.4) is 0 Å². The van der Waals surface area contributed by atoms with Gasteiger partial charge in [0.05, 0.1) is 26.9 Å². The Bertz CT molecular complexity index is 1670. The summed E-state index contributed by atoms with van der Waals surface area (Å²) in [6.07, 6.45) is -6.92. The Morgan fingerprint density at radius 1 is 0.739 bits per heavy atom. The Morgan fingerprint density at radius 3 is 1.89 bits per heavy atom. The van der Waals surface area contributed by atoms with Crippen molar-refractivity contribution in [3.8, 4) is 28.6 Å². The van der Waals surface area contributed by atoms with Crippen molar-refractivity contribution in [1.82, 2.24) is 0 Å². The first-order valence-electron chi connectivity index (χ1n) is 14.1. The first-order chi connectivity index (χ1) is 21.9. The molecule has 1 aliphatic heterocycles. The first-order valence-corrected chi connectivity index (χ1v) is 14.1. The van der Waals surface area contributed by atoms with Crippen LogP contribution in [0.1, 0.15) is 39.4 Å². The maximum Gasteiger partial charge on any atom is 0.303 e. The van der Waals surface area contributed by atoms with Gasteiger partial charge in [0.1, 0.15) is 52.8 Å². The third kappa shape index (κ3) is 7.23. The van der Waals surface area contributed by atoms with Crippen LogP contribution in [0.15, 0.2) is 45.6 Å². The fourth-order valence-electron chi connectivity index (χ4n) is 5.29. The molecule has 1 aromatic heterocycles. The zero-order valence-corrected chi connectivity index (χ0v) is 26.3. The number of hydrogen-bond acceptors (Lipinski definition) is 14. The first kappa shape index (κ1) is 33.8. The van der Waals surface area contributed by atoms with E-state index < -0.39 is 66.4 Å². The van der Waals surface area contributed by atoms with Gasteiger partial charge in [0.15, 0.2) is 23.7 Å². The molecule has 3 aromatic rings. The molecule has 4 rings (SSSR count). The summed E-state index contributed by atoms with van der Waals surface area (Å²) in [5, 5.41) is 0.00317. The number of rotatable bonds is 10. The molecule has 0 N–H and O–H groups in total. The van der Waals surface area contributed by atoms with Crippen molar-refractivity contribution in [2.45, 2.75) is 58.2 Å². The van der Waals surface area contributed by atoms with E-state index in [0.29, 0.717) is 11.3 Å². The van der Waals surface area contributed by atoms with Gasteiger partial charge in [-0.15, -0.1) is 0 Å². The van der Waals surface area contributed by atoms with Gasteiger partial charge in [-0.05, 0) is 24.3 Å². The van der Waals surface area contributed by atoms with Gasteiger partial charge < -0.3 is 42.3 Å². The topological polar surface area (TPSA) is 172 Å². The smallest absolute Gasteiger partial charge is 0.303 e. The zero-order valence-electron chi connectivity index (χ0n) is 26.3. The number of fused-ring (bicyclic) bond motifs is 1. The Labute approximate surface area is 263 Å². The van der Waals surface area contributed by atoms with Crippen LogP contribution in [0, 0.1) is 0 Å². The summed E-state index contributed by atoms with van der Waals surface area (Å²) in [6.45, 7) is 4.08. The molecule has 1 saturated heterocycles. The van der Waals surface area contributed by atoms with Crippen molar-refractivity contribution < 1.29 is 61.5 Å². The molecule has 0 radical (unpaired) electrons. The van der Waals surface area contributed by atoms with Gasteiger partial charge >= 0.3 is 23.9 Å². The summed E-state index contributed by atoms with van der Waals surface area (Å²) < 4.78 is 50.9. The highest BCUT2D eigenvalue weighted by atomic mass is 16.7. The van der Waals surface area contributed by atoms with Crippen molar-refractivity contribution in [1.29, 1.82) is 0 Å². The molecular formula is C32H34O14. The van der Waals surface area contributed by atoms with Gasteiger partial charge in [0.25, 0.3) is 0 Å². The second-order valence-corrected chi connectivity index (χ2v) is 10.2. The lowest BCUT2D eigenvalue weighted by molar-refractivity contribution is -0.254. The van der Waals surface area contributed by atoms with Crippen LogP contribution in [0.25, 0.3) is 22.3 Å². The van der Waals surface area contributed by atoms with Gasteiger partial charge in [-0.1, -0.05) is 0 Å². The van der Waals surface area contributed by atoms with E-state index in [9.17, 15) is 24.0 Å². The number of carbonyl (C=O) groups excluding carboxylic acids is 4. The molecule has 2 heterocycles. The molecule has 0 saturated carbocycles. The number of carbonyl (C=O) groups is 4. The molecule has 14 nitrogen and oxygen atoms in total. The second-order valence-electron chi connectivity index (χ2n) is 10.2. The standard InChI is InChI=1S/C32H34O14/c1-15(33)41-14-25-28(42-16(2)34)31(43-17(3)35)32(44-18(4)36)30(46-25)27-23(39-6)13-24-26(29(27)40-7)21(37)12-22(45-24)19-8-10-20(38-5)11-9-19/h8-13,25,28,30-32H,14H2,1-7H3/t25-,28-,30+,31+,32+/m1/s1. The minimum atomic E-state index is -1.47. The van der Waals surface area contributed by atoms with E-state index in [1.54, 1.807) is 24.3 Å². The van der Waals surface area contributed by atoms with Crippen LogP contribution in [0.4, 0.5) is 0 Å². The molecule has 0 bridgehead atoms. The zero-order chi connectivity index (χ0) is 33.7. The molecule has 14 heteroatoms. The van der Waals surface area contributed by atoms with Crippen LogP contribution in [-0.4, -0.2) is 76.2 Å². The largest absolute Gasteiger partial charge is 0.497 e. The fraction of sp³-hybridized carbons (Fsp3) is 0.406. The molecule has 0 spiro atoms. The highest BCUT2D eigenvalue weighted by Crippen LogP contribution is 2.47. The van der Waals surface area contributed by atoms with E-state index in [1.807, 2.05) is 0 Å². The Kier molecular flexibility index (Phi) is 10.5. The number of methoxy groups -OCH3 is 3. The summed E-state index contributed by atoms with van der Waals surface area (Å²) in [5.41, 5.74) is 0.292. The highest BCUT2D eigenvalue weighted by Gasteiger charge is 2.54. The second kappa shape index (κ2) is 14.3. The molecule has 2 aromatic carbocycles. The van der Waals surface area contributed by atoms with E-state index in [4.69, 9.17) is 42.3 Å².